The fourth-order valence-electron chi connectivity index (χ4n) is 1.57. The molecule has 3 nitrogen and oxygen atoms in total. The summed E-state index contributed by atoms with van der Waals surface area (Å²) in [6.07, 6.45) is 0. The van der Waals surface area contributed by atoms with Crippen LogP contribution < -0.4 is 11.1 Å². The molecule has 0 radical (unpaired) electrons. The first kappa shape index (κ1) is 14.4. The lowest BCUT2D eigenvalue weighted by Gasteiger charge is -2.07. The maximum absolute atomic E-state index is 13.0. The van der Waals surface area contributed by atoms with Crippen LogP contribution >= 0.6 is 15.9 Å². The zero-order valence-corrected chi connectivity index (χ0v) is 11.5. The van der Waals surface area contributed by atoms with Gasteiger partial charge in [-0.15, -0.1) is 0 Å². The Morgan fingerprint density at radius 1 is 1.05 bits per heavy atom. The fourth-order valence-corrected chi connectivity index (χ4v) is 2.09. The van der Waals surface area contributed by atoms with Gasteiger partial charge < -0.3 is 11.1 Å². The topological polar surface area (TPSA) is 55.1 Å². The second-order valence-corrected chi connectivity index (χ2v) is 4.90. The molecular formula is C13H8BrF3N2O. The molecule has 0 aliphatic carbocycles. The quantitative estimate of drug-likeness (QED) is 0.644. The van der Waals surface area contributed by atoms with Crippen LogP contribution in [-0.2, 0) is 0 Å². The van der Waals surface area contributed by atoms with E-state index in [1.807, 2.05) is 0 Å². The molecule has 0 fully saturated rings. The molecule has 0 atom stereocenters. The van der Waals surface area contributed by atoms with Gasteiger partial charge in [0.25, 0.3) is 5.91 Å². The van der Waals surface area contributed by atoms with E-state index in [1.54, 1.807) is 6.07 Å². The van der Waals surface area contributed by atoms with E-state index in [9.17, 15) is 18.0 Å². The van der Waals surface area contributed by atoms with E-state index < -0.39 is 23.4 Å². The highest BCUT2D eigenvalue weighted by Gasteiger charge is 2.13. The van der Waals surface area contributed by atoms with Crippen molar-refractivity contribution in [1.82, 2.24) is 0 Å². The average molecular weight is 345 g/mol. The molecule has 20 heavy (non-hydrogen) atoms. The number of carbonyl (C=O) groups excluding carboxylic acids is 1. The summed E-state index contributed by atoms with van der Waals surface area (Å²) >= 11 is 3.17. The monoisotopic (exact) mass is 344 g/mol. The number of carbonyl (C=O) groups is 1. The van der Waals surface area contributed by atoms with Crippen molar-refractivity contribution in [3.63, 3.8) is 0 Å². The van der Waals surface area contributed by atoms with Gasteiger partial charge in [0.15, 0.2) is 17.5 Å². The smallest absolute Gasteiger partial charge is 0.255 e. The average Bonchev–Trinajstić information content (AvgIpc) is 2.34. The highest BCUT2D eigenvalue weighted by molar-refractivity contribution is 9.10. The number of nitrogens with two attached hydrogens (primary N) is 1. The molecule has 0 aromatic heterocycles. The lowest BCUT2D eigenvalue weighted by molar-refractivity contribution is 0.102. The number of rotatable bonds is 2. The minimum absolute atomic E-state index is 0.190. The Morgan fingerprint density at radius 3 is 2.20 bits per heavy atom. The summed E-state index contributed by atoms with van der Waals surface area (Å²) in [6.45, 7) is 0. The Bertz CT molecular complexity index is 648. The van der Waals surface area contributed by atoms with Gasteiger partial charge in [-0.1, -0.05) is 15.9 Å². The minimum atomic E-state index is -1.59. The maximum atomic E-state index is 13.0. The minimum Gasteiger partial charge on any atom is -0.399 e. The van der Waals surface area contributed by atoms with Crippen LogP contribution in [0.4, 0.5) is 24.5 Å². The highest BCUT2D eigenvalue weighted by atomic mass is 79.9. The summed E-state index contributed by atoms with van der Waals surface area (Å²) in [5.41, 5.74) is 5.93. The van der Waals surface area contributed by atoms with Crippen LogP contribution in [0.3, 0.4) is 0 Å². The van der Waals surface area contributed by atoms with E-state index in [1.165, 1.54) is 12.1 Å². The third kappa shape index (κ3) is 3.11. The molecule has 2 aromatic carbocycles. The van der Waals surface area contributed by atoms with Crippen molar-refractivity contribution in [2.24, 2.45) is 0 Å². The molecule has 2 rings (SSSR count). The van der Waals surface area contributed by atoms with Gasteiger partial charge in [0.05, 0.1) is 0 Å². The van der Waals surface area contributed by atoms with E-state index in [0.717, 1.165) is 0 Å². The summed E-state index contributed by atoms with van der Waals surface area (Å²) in [5.74, 6) is -4.97. The summed E-state index contributed by atoms with van der Waals surface area (Å²) in [4.78, 5) is 11.9. The molecule has 0 aliphatic rings. The standard InChI is InChI=1S/C13H8BrF3N2O/c14-7-1-6(2-8(18)3-7)13(20)19-9-4-10(15)12(17)11(16)5-9/h1-5H,18H2,(H,19,20). The number of amides is 1. The molecule has 0 aliphatic heterocycles. The Balaban J connectivity index is 2.28. The van der Waals surface area contributed by atoms with Crippen LogP contribution in [0.1, 0.15) is 10.4 Å². The van der Waals surface area contributed by atoms with Crippen LogP contribution in [0.5, 0.6) is 0 Å². The third-order valence-corrected chi connectivity index (χ3v) is 2.88. The lowest BCUT2D eigenvalue weighted by atomic mass is 10.2. The number of halogens is 4. The Labute approximate surface area is 120 Å². The van der Waals surface area contributed by atoms with E-state index in [2.05, 4.69) is 21.2 Å². The van der Waals surface area contributed by atoms with Crippen molar-refractivity contribution in [3.05, 3.63) is 57.8 Å². The number of nitrogen functional groups attached to an aromatic ring is 1. The van der Waals surface area contributed by atoms with E-state index in [0.29, 0.717) is 22.3 Å². The fraction of sp³-hybridized carbons (Fsp3) is 0. The van der Waals surface area contributed by atoms with Crippen LogP contribution in [0, 0.1) is 17.5 Å². The van der Waals surface area contributed by atoms with Crippen molar-refractivity contribution in [2.75, 3.05) is 11.1 Å². The van der Waals surface area contributed by atoms with Crippen molar-refractivity contribution in [3.8, 4) is 0 Å². The van der Waals surface area contributed by atoms with Crippen molar-refractivity contribution >= 4 is 33.2 Å². The number of nitrogens with one attached hydrogen (secondary N) is 1. The van der Waals surface area contributed by atoms with E-state index in [4.69, 9.17) is 5.73 Å². The predicted molar refractivity (Wildman–Crippen MR) is 72.8 cm³/mol. The van der Waals surface area contributed by atoms with Gasteiger partial charge in [-0.3, -0.25) is 4.79 Å². The molecule has 0 bridgehead atoms. The zero-order valence-electron chi connectivity index (χ0n) is 9.88. The number of hydrogen-bond acceptors (Lipinski definition) is 2. The number of benzene rings is 2. The van der Waals surface area contributed by atoms with Gasteiger partial charge in [-0.25, -0.2) is 13.2 Å². The molecule has 2 aromatic rings. The molecule has 0 saturated heterocycles. The first-order valence-corrected chi connectivity index (χ1v) is 6.18. The molecule has 0 unspecified atom stereocenters. The third-order valence-electron chi connectivity index (χ3n) is 2.42. The Hall–Kier alpha value is -2.02. The highest BCUT2D eigenvalue weighted by Crippen LogP contribution is 2.20. The largest absolute Gasteiger partial charge is 0.399 e. The molecule has 0 heterocycles. The van der Waals surface area contributed by atoms with E-state index >= 15 is 0 Å². The van der Waals surface area contributed by atoms with Gasteiger partial charge in [0.1, 0.15) is 0 Å². The van der Waals surface area contributed by atoms with Gasteiger partial charge in [-0.2, -0.15) is 0 Å². The first-order chi connectivity index (χ1) is 9.36. The molecule has 3 N–H and O–H groups in total. The zero-order chi connectivity index (χ0) is 14.9. The summed E-state index contributed by atoms with van der Waals surface area (Å²) in [7, 11) is 0. The van der Waals surface area contributed by atoms with Gasteiger partial charge >= 0.3 is 0 Å². The van der Waals surface area contributed by atoms with Crippen molar-refractivity contribution in [1.29, 1.82) is 0 Å². The molecular weight excluding hydrogens is 337 g/mol. The Morgan fingerprint density at radius 2 is 1.65 bits per heavy atom. The van der Waals surface area contributed by atoms with Crippen LogP contribution in [0.15, 0.2) is 34.8 Å². The van der Waals surface area contributed by atoms with Gasteiger partial charge in [0.2, 0.25) is 0 Å². The van der Waals surface area contributed by atoms with Crippen molar-refractivity contribution < 1.29 is 18.0 Å². The number of anilines is 2. The normalized spacial score (nSPS) is 10.4. The van der Waals surface area contributed by atoms with Crippen molar-refractivity contribution in [2.45, 2.75) is 0 Å². The second kappa shape index (κ2) is 5.54. The molecule has 1 amide bonds. The van der Waals surface area contributed by atoms with Gasteiger partial charge in [0, 0.05) is 33.5 Å². The SMILES string of the molecule is Nc1cc(Br)cc(C(=O)Nc2cc(F)c(F)c(F)c2)c1. The Kier molecular flexibility index (Phi) is 3.99. The van der Waals surface area contributed by atoms with Gasteiger partial charge in [-0.05, 0) is 18.2 Å². The van der Waals surface area contributed by atoms with Crippen LogP contribution in [-0.4, -0.2) is 5.91 Å². The molecule has 104 valence electrons. The lowest BCUT2D eigenvalue weighted by Crippen LogP contribution is -2.13. The predicted octanol–water partition coefficient (Wildman–Crippen LogP) is 3.70. The first-order valence-electron chi connectivity index (χ1n) is 5.39. The maximum Gasteiger partial charge on any atom is 0.255 e. The summed E-state index contributed by atoms with van der Waals surface area (Å²) < 4.78 is 39.4. The molecule has 7 heteroatoms. The van der Waals surface area contributed by atoms with E-state index in [-0.39, 0.29) is 11.3 Å². The van der Waals surface area contributed by atoms with Crippen LogP contribution in [0.2, 0.25) is 0 Å². The second-order valence-electron chi connectivity index (χ2n) is 3.98. The summed E-state index contributed by atoms with van der Waals surface area (Å²) in [5, 5.41) is 2.26. The molecule has 0 saturated carbocycles. The van der Waals surface area contributed by atoms with Crippen LogP contribution in [0.25, 0.3) is 0 Å². The molecule has 0 spiro atoms. The summed E-state index contributed by atoms with van der Waals surface area (Å²) in [6, 6.07) is 5.86. The number of hydrogen-bond donors (Lipinski definition) is 2.